The summed E-state index contributed by atoms with van der Waals surface area (Å²) >= 11 is 3.47. The van der Waals surface area contributed by atoms with E-state index < -0.39 is 10.0 Å². The quantitative estimate of drug-likeness (QED) is 0.796. The molecule has 22 heavy (non-hydrogen) atoms. The van der Waals surface area contributed by atoms with E-state index in [1.165, 1.54) is 0 Å². The number of nitrogens with zero attached hydrogens (tertiary/aromatic N) is 2. The second-order valence-corrected chi connectivity index (χ2v) is 7.51. The van der Waals surface area contributed by atoms with Crippen LogP contribution in [0.3, 0.4) is 0 Å². The van der Waals surface area contributed by atoms with E-state index in [4.69, 9.17) is 0 Å². The van der Waals surface area contributed by atoms with Crippen LogP contribution in [0, 0.1) is 6.92 Å². The Bertz CT molecular complexity index is 748. The molecule has 6 nitrogen and oxygen atoms in total. The van der Waals surface area contributed by atoms with Crippen molar-refractivity contribution in [2.24, 2.45) is 0 Å². The van der Waals surface area contributed by atoms with Gasteiger partial charge >= 0.3 is 0 Å². The standard InChI is InChI=1S/C14H17BrN4O2S/c1-3-8-22(20,21)19-14-7-6-13(17-18-14)16-11-5-4-10(2)12(15)9-11/h4-7,9H,3,8H2,1-2H3,(H,16,17)(H,18,19). The molecule has 0 spiro atoms. The van der Waals surface area contributed by atoms with Gasteiger partial charge in [0.15, 0.2) is 11.6 Å². The van der Waals surface area contributed by atoms with Gasteiger partial charge in [-0.1, -0.05) is 28.9 Å². The second kappa shape index (κ2) is 7.06. The molecular formula is C14H17BrN4O2S. The third-order valence-electron chi connectivity index (χ3n) is 2.84. The number of hydrogen-bond acceptors (Lipinski definition) is 5. The first-order valence-electron chi connectivity index (χ1n) is 6.77. The van der Waals surface area contributed by atoms with Gasteiger partial charge in [-0.3, -0.25) is 4.72 Å². The van der Waals surface area contributed by atoms with Crippen molar-refractivity contribution in [3.63, 3.8) is 0 Å². The topological polar surface area (TPSA) is 84.0 Å². The van der Waals surface area contributed by atoms with Crippen LogP contribution in [0.2, 0.25) is 0 Å². The highest BCUT2D eigenvalue weighted by Gasteiger charge is 2.10. The summed E-state index contributed by atoms with van der Waals surface area (Å²) in [5.41, 5.74) is 2.00. The first-order chi connectivity index (χ1) is 10.4. The Kier molecular flexibility index (Phi) is 5.36. The van der Waals surface area contributed by atoms with Crippen LogP contribution < -0.4 is 10.0 Å². The van der Waals surface area contributed by atoms with Crippen LogP contribution in [0.5, 0.6) is 0 Å². The lowest BCUT2D eigenvalue weighted by atomic mass is 10.2. The summed E-state index contributed by atoms with van der Waals surface area (Å²) in [5.74, 6) is 0.810. The molecule has 0 saturated heterocycles. The van der Waals surface area contributed by atoms with Crippen molar-refractivity contribution in [1.82, 2.24) is 10.2 Å². The van der Waals surface area contributed by atoms with E-state index in [0.717, 1.165) is 15.7 Å². The third kappa shape index (κ3) is 4.67. The summed E-state index contributed by atoms with van der Waals surface area (Å²) in [5, 5.41) is 10.9. The lowest BCUT2D eigenvalue weighted by molar-refractivity contribution is 0.599. The SMILES string of the molecule is CCCS(=O)(=O)Nc1ccc(Nc2ccc(C)c(Br)c2)nn1. The molecule has 0 bridgehead atoms. The molecule has 8 heteroatoms. The molecule has 0 fully saturated rings. The van der Waals surface area contributed by atoms with E-state index in [2.05, 4.69) is 36.2 Å². The molecule has 1 aromatic carbocycles. The van der Waals surface area contributed by atoms with Gasteiger partial charge in [0, 0.05) is 10.2 Å². The molecule has 0 amide bonds. The van der Waals surface area contributed by atoms with Crippen molar-refractivity contribution >= 4 is 43.3 Å². The predicted molar refractivity (Wildman–Crippen MR) is 91.9 cm³/mol. The molecule has 2 aromatic rings. The molecule has 0 aliphatic carbocycles. The highest BCUT2D eigenvalue weighted by Crippen LogP contribution is 2.23. The minimum atomic E-state index is -3.35. The van der Waals surface area contributed by atoms with E-state index in [9.17, 15) is 8.42 Å². The molecule has 0 unspecified atom stereocenters. The van der Waals surface area contributed by atoms with Gasteiger partial charge in [-0.2, -0.15) is 0 Å². The number of rotatable bonds is 6. The lowest BCUT2D eigenvalue weighted by Crippen LogP contribution is -2.17. The van der Waals surface area contributed by atoms with Crippen LogP contribution in [0.25, 0.3) is 0 Å². The molecule has 0 radical (unpaired) electrons. The van der Waals surface area contributed by atoms with Crippen molar-refractivity contribution in [2.75, 3.05) is 15.8 Å². The zero-order valence-corrected chi connectivity index (χ0v) is 14.7. The molecule has 1 aromatic heterocycles. The van der Waals surface area contributed by atoms with Crippen LogP contribution in [0.1, 0.15) is 18.9 Å². The fourth-order valence-electron chi connectivity index (χ4n) is 1.75. The maximum absolute atomic E-state index is 11.6. The predicted octanol–water partition coefficient (Wildman–Crippen LogP) is 3.44. The van der Waals surface area contributed by atoms with Crippen LogP contribution >= 0.6 is 15.9 Å². The van der Waals surface area contributed by atoms with Crippen molar-refractivity contribution in [2.45, 2.75) is 20.3 Å². The van der Waals surface area contributed by atoms with Gasteiger partial charge in [0.25, 0.3) is 0 Å². The third-order valence-corrected chi connectivity index (χ3v) is 5.16. The number of hydrogen-bond donors (Lipinski definition) is 2. The number of halogens is 1. The number of aryl methyl sites for hydroxylation is 1. The summed E-state index contributed by atoms with van der Waals surface area (Å²) in [6.07, 6.45) is 0.546. The number of aromatic nitrogens is 2. The Morgan fingerprint density at radius 1 is 1.14 bits per heavy atom. The van der Waals surface area contributed by atoms with Gasteiger partial charge in [0.05, 0.1) is 5.75 Å². The summed E-state index contributed by atoms with van der Waals surface area (Å²) in [4.78, 5) is 0. The Morgan fingerprint density at radius 3 is 2.41 bits per heavy atom. The van der Waals surface area contributed by atoms with Crippen molar-refractivity contribution in [1.29, 1.82) is 0 Å². The van der Waals surface area contributed by atoms with E-state index >= 15 is 0 Å². The zero-order valence-electron chi connectivity index (χ0n) is 12.3. The van der Waals surface area contributed by atoms with E-state index in [-0.39, 0.29) is 11.6 Å². The van der Waals surface area contributed by atoms with Gasteiger partial charge in [-0.25, -0.2) is 8.42 Å². The van der Waals surface area contributed by atoms with Crippen molar-refractivity contribution < 1.29 is 8.42 Å². The first-order valence-corrected chi connectivity index (χ1v) is 9.21. The fraction of sp³-hybridized carbons (Fsp3) is 0.286. The lowest BCUT2D eigenvalue weighted by Gasteiger charge is -2.08. The Labute approximate surface area is 138 Å². The summed E-state index contributed by atoms with van der Waals surface area (Å²) < 4.78 is 26.7. The highest BCUT2D eigenvalue weighted by atomic mass is 79.9. The molecule has 0 aliphatic heterocycles. The van der Waals surface area contributed by atoms with E-state index in [1.807, 2.05) is 25.1 Å². The smallest absolute Gasteiger partial charge is 0.233 e. The summed E-state index contributed by atoms with van der Waals surface area (Å²) in [6, 6.07) is 9.10. The maximum Gasteiger partial charge on any atom is 0.233 e. The largest absolute Gasteiger partial charge is 0.339 e. The van der Waals surface area contributed by atoms with Gasteiger partial charge in [-0.15, -0.1) is 10.2 Å². The highest BCUT2D eigenvalue weighted by molar-refractivity contribution is 9.10. The Balaban J connectivity index is 2.07. The molecule has 0 saturated carbocycles. The van der Waals surface area contributed by atoms with Crippen LogP contribution in [-0.2, 0) is 10.0 Å². The number of sulfonamides is 1. The number of nitrogens with one attached hydrogen (secondary N) is 2. The summed E-state index contributed by atoms with van der Waals surface area (Å²) in [7, 11) is -3.35. The molecule has 1 heterocycles. The molecule has 0 aliphatic rings. The summed E-state index contributed by atoms with van der Waals surface area (Å²) in [6.45, 7) is 3.81. The first kappa shape index (κ1) is 16.7. The van der Waals surface area contributed by atoms with Crippen LogP contribution in [0.4, 0.5) is 17.3 Å². The van der Waals surface area contributed by atoms with Crippen molar-refractivity contribution in [3.05, 3.63) is 40.4 Å². The van der Waals surface area contributed by atoms with Gasteiger partial charge in [0.2, 0.25) is 10.0 Å². The normalized spacial score (nSPS) is 11.2. The molecule has 0 atom stereocenters. The fourth-order valence-corrected chi connectivity index (χ4v) is 3.20. The Morgan fingerprint density at radius 2 is 1.82 bits per heavy atom. The minimum absolute atomic E-state index is 0.0616. The molecule has 2 rings (SSSR count). The van der Waals surface area contributed by atoms with Crippen LogP contribution in [0.15, 0.2) is 34.8 Å². The number of anilines is 3. The van der Waals surface area contributed by atoms with E-state index in [0.29, 0.717) is 12.2 Å². The Hall–Kier alpha value is -1.67. The van der Waals surface area contributed by atoms with Crippen molar-refractivity contribution in [3.8, 4) is 0 Å². The van der Waals surface area contributed by atoms with E-state index in [1.54, 1.807) is 19.1 Å². The van der Waals surface area contributed by atoms with Gasteiger partial charge in [0.1, 0.15) is 0 Å². The molecular weight excluding hydrogens is 368 g/mol. The molecule has 118 valence electrons. The van der Waals surface area contributed by atoms with Gasteiger partial charge < -0.3 is 5.32 Å². The number of benzene rings is 1. The average Bonchev–Trinajstić information content (AvgIpc) is 2.44. The second-order valence-electron chi connectivity index (χ2n) is 4.81. The minimum Gasteiger partial charge on any atom is -0.339 e. The molecule has 2 N–H and O–H groups in total. The van der Waals surface area contributed by atoms with Gasteiger partial charge in [-0.05, 0) is 43.2 Å². The average molecular weight is 385 g/mol. The zero-order chi connectivity index (χ0) is 16.2. The monoisotopic (exact) mass is 384 g/mol. The van der Waals surface area contributed by atoms with Crippen LogP contribution in [-0.4, -0.2) is 24.4 Å². The maximum atomic E-state index is 11.6.